The molecule has 2 N–H and O–H groups in total. The van der Waals surface area contributed by atoms with Gasteiger partial charge in [-0.05, 0) is 50.1 Å². The number of carbonyl (C=O) groups excluding carboxylic acids is 2. The molecule has 4 rings (SSSR count). The van der Waals surface area contributed by atoms with Crippen molar-refractivity contribution in [2.45, 2.75) is 26.2 Å². The van der Waals surface area contributed by atoms with Gasteiger partial charge in [-0.15, -0.1) is 0 Å². The van der Waals surface area contributed by atoms with E-state index in [2.05, 4.69) is 20.8 Å². The lowest BCUT2D eigenvalue weighted by atomic mass is 9.93. The molecule has 0 aliphatic heterocycles. The number of halogens is 3. The first-order valence-electron chi connectivity index (χ1n) is 9.71. The predicted octanol–water partition coefficient (Wildman–Crippen LogP) is 5.67. The lowest BCUT2D eigenvalue weighted by Crippen LogP contribution is -2.22. The van der Waals surface area contributed by atoms with E-state index in [9.17, 15) is 9.59 Å². The molecule has 0 saturated heterocycles. The lowest BCUT2D eigenvalue weighted by molar-refractivity contribution is 0.0953. The van der Waals surface area contributed by atoms with Crippen molar-refractivity contribution in [1.82, 2.24) is 10.4 Å². The standard InChI is InChI=1S/C22H17Cl3N4O3/c1-11-19-16(28-29-21(30)14-7-5-12(23)9-15(14)25)3-2-4-17(19)32-20(11)22(31)27-18-8-6-13(24)10-26-18/h5-10H,2-4H2,1H3,(H,29,30)(H,26,27,31)/b28-16+. The van der Waals surface area contributed by atoms with Crippen molar-refractivity contribution >= 4 is 58.1 Å². The summed E-state index contributed by atoms with van der Waals surface area (Å²) in [4.78, 5) is 29.3. The monoisotopic (exact) mass is 490 g/mol. The summed E-state index contributed by atoms with van der Waals surface area (Å²) in [5.41, 5.74) is 4.80. The van der Waals surface area contributed by atoms with E-state index in [0.29, 0.717) is 45.7 Å². The maximum atomic E-state index is 12.7. The van der Waals surface area contributed by atoms with E-state index in [1.807, 2.05) is 0 Å². The van der Waals surface area contributed by atoms with Gasteiger partial charge in [0, 0.05) is 28.8 Å². The zero-order valence-electron chi connectivity index (χ0n) is 16.8. The molecule has 1 aliphatic carbocycles. The first-order valence-corrected chi connectivity index (χ1v) is 10.8. The first-order chi connectivity index (χ1) is 15.3. The summed E-state index contributed by atoms with van der Waals surface area (Å²) in [6.45, 7) is 1.78. The molecular formula is C22H17Cl3N4O3. The van der Waals surface area contributed by atoms with Gasteiger partial charge in [-0.2, -0.15) is 5.10 Å². The molecule has 2 aromatic heterocycles. The van der Waals surface area contributed by atoms with Gasteiger partial charge in [-0.3, -0.25) is 9.59 Å². The molecule has 0 saturated carbocycles. The molecule has 0 unspecified atom stereocenters. The minimum absolute atomic E-state index is 0.174. The number of fused-ring (bicyclic) bond motifs is 1. The highest BCUT2D eigenvalue weighted by atomic mass is 35.5. The van der Waals surface area contributed by atoms with E-state index in [0.717, 1.165) is 12.0 Å². The third kappa shape index (κ3) is 4.65. The van der Waals surface area contributed by atoms with Gasteiger partial charge in [0.05, 0.1) is 21.3 Å². The second-order valence-electron chi connectivity index (χ2n) is 7.15. The molecule has 2 amide bonds. The number of hydrogen-bond donors (Lipinski definition) is 2. The number of amides is 2. The molecular weight excluding hydrogens is 475 g/mol. The molecule has 7 nitrogen and oxygen atoms in total. The fourth-order valence-electron chi connectivity index (χ4n) is 3.47. The van der Waals surface area contributed by atoms with Gasteiger partial charge < -0.3 is 9.73 Å². The van der Waals surface area contributed by atoms with Crippen molar-refractivity contribution in [3.05, 3.63) is 79.8 Å². The molecule has 3 aromatic rings. The van der Waals surface area contributed by atoms with Crippen LogP contribution in [0.25, 0.3) is 0 Å². The molecule has 2 heterocycles. The zero-order chi connectivity index (χ0) is 22.8. The number of aromatic nitrogens is 1. The summed E-state index contributed by atoms with van der Waals surface area (Å²) in [5.74, 6) is 0.297. The number of benzene rings is 1. The van der Waals surface area contributed by atoms with Crippen molar-refractivity contribution in [2.24, 2.45) is 5.10 Å². The first kappa shape index (κ1) is 22.3. The second-order valence-corrected chi connectivity index (χ2v) is 8.43. The van der Waals surface area contributed by atoms with Crippen LogP contribution < -0.4 is 10.7 Å². The molecule has 0 spiro atoms. The third-order valence-corrected chi connectivity index (χ3v) is 5.74. The van der Waals surface area contributed by atoms with Crippen LogP contribution in [0.15, 0.2) is 46.0 Å². The highest BCUT2D eigenvalue weighted by Gasteiger charge is 2.28. The summed E-state index contributed by atoms with van der Waals surface area (Å²) in [6.07, 6.45) is 3.51. The van der Waals surface area contributed by atoms with Crippen LogP contribution in [-0.2, 0) is 6.42 Å². The van der Waals surface area contributed by atoms with Crippen LogP contribution in [0, 0.1) is 6.92 Å². The van der Waals surface area contributed by atoms with E-state index in [1.54, 1.807) is 25.1 Å². The van der Waals surface area contributed by atoms with Crippen LogP contribution >= 0.6 is 34.8 Å². The topological polar surface area (TPSA) is 96.6 Å². The average molecular weight is 492 g/mol. The van der Waals surface area contributed by atoms with Crippen molar-refractivity contribution in [3.8, 4) is 0 Å². The zero-order valence-corrected chi connectivity index (χ0v) is 19.1. The number of hydrazone groups is 1. The molecule has 1 aliphatic rings. The van der Waals surface area contributed by atoms with Crippen LogP contribution in [0.2, 0.25) is 15.1 Å². The Morgan fingerprint density at radius 2 is 1.84 bits per heavy atom. The molecule has 0 atom stereocenters. The Kier molecular flexibility index (Phi) is 6.50. The number of nitrogens with one attached hydrogen (secondary N) is 2. The van der Waals surface area contributed by atoms with Gasteiger partial charge in [-0.25, -0.2) is 10.4 Å². The summed E-state index contributed by atoms with van der Waals surface area (Å²) in [5, 5.41) is 8.13. The van der Waals surface area contributed by atoms with E-state index in [1.165, 1.54) is 18.3 Å². The Hall–Kier alpha value is -2.87. The third-order valence-electron chi connectivity index (χ3n) is 4.97. The molecule has 0 radical (unpaired) electrons. The van der Waals surface area contributed by atoms with Gasteiger partial charge in [0.1, 0.15) is 11.6 Å². The SMILES string of the molecule is Cc1c(C(=O)Nc2ccc(Cl)cn2)oc2c1/C(=N/NC(=O)c1ccc(Cl)cc1Cl)CCC2. The van der Waals surface area contributed by atoms with Gasteiger partial charge in [-0.1, -0.05) is 34.8 Å². The highest BCUT2D eigenvalue weighted by molar-refractivity contribution is 6.36. The normalized spacial score (nSPS) is 14.2. The van der Waals surface area contributed by atoms with Crippen LogP contribution in [0.3, 0.4) is 0 Å². The summed E-state index contributed by atoms with van der Waals surface area (Å²) >= 11 is 17.8. The van der Waals surface area contributed by atoms with Crippen molar-refractivity contribution < 1.29 is 14.0 Å². The van der Waals surface area contributed by atoms with E-state index < -0.39 is 11.8 Å². The Labute approximate surface area is 198 Å². The number of rotatable bonds is 4. The Morgan fingerprint density at radius 3 is 2.56 bits per heavy atom. The van der Waals surface area contributed by atoms with E-state index >= 15 is 0 Å². The minimum atomic E-state index is -0.459. The van der Waals surface area contributed by atoms with Gasteiger partial charge in [0.2, 0.25) is 0 Å². The number of nitrogens with zero attached hydrogens (tertiary/aromatic N) is 2. The summed E-state index contributed by atoms with van der Waals surface area (Å²) in [7, 11) is 0. The minimum Gasteiger partial charge on any atom is -0.455 e. The fraction of sp³-hybridized carbons (Fsp3) is 0.182. The van der Waals surface area contributed by atoms with E-state index in [4.69, 9.17) is 39.2 Å². The number of hydrogen-bond acceptors (Lipinski definition) is 5. The van der Waals surface area contributed by atoms with Gasteiger partial charge in [0.25, 0.3) is 11.8 Å². The Morgan fingerprint density at radius 1 is 1.06 bits per heavy atom. The Bertz CT molecular complexity index is 1240. The lowest BCUT2D eigenvalue weighted by Gasteiger charge is -2.13. The largest absolute Gasteiger partial charge is 0.455 e. The number of pyridine rings is 1. The van der Waals surface area contributed by atoms with Crippen molar-refractivity contribution in [2.75, 3.05) is 5.32 Å². The maximum Gasteiger partial charge on any atom is 0.292 e. The molecule has 164 valence electrons. The molecule has 0 fully saturated rings. The van der Waals surface area contributed by atoms with Crippen LogP contribution in [0.4, 0.5) is 5.82 Å². The second kappa shape index (κ2) is 9.32. The number of furan rings is 1. The molecule has 0 bridgehead atoms. The maximum absolute atomic E-state index is 12.7. The summed E-state index contributed by atoms with van der Waals surface area (Å²) < 4.78 is 5.85. The van der Waals surface area contributed by atoms with Crippen molar-refractivity contribution in [3.63, 3.8) is 0 Å². The van der Waals surface area contributed by atoms with E-state index in [-0.39, 0.29) is 16.3 Å². The van der Waals surface area contributed by atoms with Gasteiger partial charge >= 0.3 is 0 Å². The highest BCUT2D eigenvalue weighted by Crippen LogP contribution is 2.30. The average Bonchev–Trinajstić information content (AvgIpc) is 3.11. The molecule has 10 heteroatoms. The van der Waals surface area contributed by atoms with Crippen molar-refractivity contribution in [1.29, 1.82) is 0 Å². The van der Waals surface area contributed by atoms with Crippen LogP contribution in [0.1, 0.15) is 50.6 Å². The van der Waals surface area contributed by atoms with Gasteiger partial charge in [0.15, 0.2) is 5.76 Å². The van der Waals surface area contributed by atoms with Crippen LogP contribution in [0.5, 0.6) is 0 Å². The number of anilines is 1. The smallest absolute Gasteiger partial charge is 0.292 e. The Balaban J connectivity index is 1.56. The number of aryl methyl sites for hydroxylation is 1. The van der Waals surface area contributed by atoms with Crippen LogP contribution in [-0.4, -0.2) is 22.5 Å². The molecule has 1 aromatic carbocycles. The number of carbonyl (C=O) groups is 2. The summed E-state index contributed by atoms with van der Waals surface area (Å²) in [6, 6.07) is 7.83. The quantitative estimate of drug-likeness (QED) is 0.460. The molecule has 32 heavy (non-hydrogen) atoms. The fourth-order valence-corrected chi connectivity index (χ4v) is 4.08. The predicted molar refractivity (Wildman–Crippen MR) is 124 cm³/mol.